The number of hydrogen-bond acceptors (Lipinski definition) is 3. The van der Waals surface area contributed by atoms with Crippen LogP contribution in [0, 0.1) is 6.92 Å². The minimum Gasteiger partial charge on any atom is -0.307 e. The van der Waals surface area contributed by atoms with Crippen molar-refractivity contribution in [2.24, 2.45) is 7.05 Å². The molecule has 134 valence electrons. The van der Waals surface area contributed by atoms with Gasteiger partial charge in [-0.25, -0.2) is 4.68 Å². The van der Waals surface area contributed by atoms with E-state index in [1.165, 1.54) is 0 Å². The van der Waals surface area contributed by atoms with E-state index in [2.05, 4.69) is 15.5 Å². The number of nitrogens with zero attached hydrogens (tertiary/aromatic N) is 4. The number of carbonyl (C=O) groups excluding carboxylic acids is 1. The molecule has 0 spiro atoms. The van der Waals surface area contributed by atoms with Crippen molar-refractivity contribution in [2.45, 2.75) is 6.92 Å². The second-order valence-corrected chi connectivity index (χ2v) is 6.31. The monoisotopic (exact) mass is 357 g/mol. The van der Waals surface area contributed by atoms with Gasteiger partial charge in [-0.05, 0) is 36.8 Å². The first-order chi connectivity index (χ1) is 13.1. The highest BCUT2D eigenvalue weighted by Gasteiger charge is 2.13. The lowest BCUT2D eigenvalue weighted by Gasteiger charge is -2.07. The lowest BCUT2D eigenvalue weighted by Crippen LogP contribution is -2.14. The minimum atomic E-state index is -0.191. The molecule has 0 bridgehead atoms. The fraction of sp³-hybridized carbons (Fsp3) is 0.0952. The molecule has 1 amide bonds. The predicted molar refractivity (Wildman–Crippen MR) is 105 cm³/mol. The lowest BCUT2D eigenvalue weighted by atomic mass is 10.1. The fourth-order valence-electron chi connectivity index (χ4n) is 2.98. The van der Waals surface area contributed by atoms with Gasteiger partial charge >= 0.3 is 0 Å². The van der Waals surface area contributed by atoms with Crippen molar-refractivity contribution >= 4 is 11.7 Å². The zero-order chi connectivity index (χ0) is 18.8. The summed E-state index contributed by atoms with van der Waals surface area (Å²) in [6.45, 7) is 2.04. The molecule has 0 aliphatic carbocycles. The summed E-state index contributed by atoms with van der Waals surface area (Å²) in [4.78, 5) is 12.7. The van der Waals surface area contributed by atoms with Gasteiger partial charge in [-0.3, -0.25) is 9.48 Å². The number of hydrogen-bond donors (Lipinski definition) is 1. The van der Waals surface area contributed by atoms with E-state index in [0.717, 1.165) is 22.5 Å². The van der Waals surface area contributed by atoms with Crippen LogP contribution in [-0.2, 0) is 7.05 Å². The largest absolute Gasteiger partial charge is 0.307 e. The summed E-state index contributed by atoms with van der Waals surface area (Å²) >= 11 is 0. The molecular formula is C21H19N5O. The molecule has 0 aliphatic heterocycles. The third-order valence-electron chi connectivity index (χ3n) is 4.42. The van der Waals surface area contributed by atoms with Crippen molar-refractivity contribution in [1.82, 2.24) is 19.6 Å². The first-order valence-electron chi connectivity index (χ1n) is 8.63. The van der Waals surface area contributed by atoms with Crippen LogP contribution in [0.5, 0.6) is 0 Å². The Labute approximate surface area is 157 Å². The van der Waals surface area contributed by atoms with Gasteiger partial charge in [-0.15, -0.1) is 0 Å². The average molecular weight is 357 g/mol. The molecule has 2 aromatic heterocycles. The Morgan fingerprint density at radius 2 is 1.89 bits per heavy atom. The van der Waals surface area contributed by atoms with E-state index in [9.17, 15) is 4.79 Å². The average Bonchev–Trinajstić information content (AvgIpc) is 3.33. The van der Waals surface area contributed by atoms with Gasteiger partial charge in [0.05, 0.1) is 11.4 Å². The lowest BCUT2D eigenvalue weighted by molar-refractivity contribution is 0.102. The summed E-state index contributed by atoms with van der Waals surface area (Å²) in [6, 6.07) is 19.1. The number of nitrogens with one attached hydrogen (secondary N) is 1. The standard InChI is InChI=1S/C21H19N5O/c1-15-7-3-4-10-18(15)19-14-20(25(2)24-19)23-21(27)16-8-5-9-17(13-16)26-12-6-11-22-26/h3-14H,1-2H3,(H,23,27). The van der Waals surface area contributed by atoms with Crippen molar-refractivity contribution in [3.8, 4) is 16.9 Å². The maximum atomic E-state index is 12.7. The molecule has 0 aliphatic rings. The second-order valence-electron chi connectivity index (χ2n) is 6.31. The van der Waals surface area contributed by atoms with Gasteiger partial charge < -0.3 is 5.32 Å². The molecule has 0 atom stereocenters. The van der Waals surface area contributed by atoms with Gasteiger partial charge in [0.15, 0.2) is 0 Å². The second kappa shape index (κ2) is 6.92. The Kier molecular flexibility index (Phi) is 4.30. The summed E-state index contributed by atoms with van der Waals surface area (Å²) < 4.78 is 3.40. The number of amides is 1. The van der Waals surface area contributed by atoms with Crippen LogP contribution >= 0.6 is 0 Å². The maximum Gasteiger partial charge on any atom is 0.256 e. The van der Waals surface area contributed by atoms with Crippen molar-refractivity contribution in [2.75, 3.05) is 5.32 Å². The van der Waals surface area contributed by atoms with Crippen molar-refractivity contribution in [3.63, 3.8) is 0 Å². The Balaban J connectivity index is 1.59. The maximum absolute atomic E-state index is 12.7. The molecular weight excluding hydrogens is 338 g/mol. The van der Waals surface area contributed by atoms with E-state index in [4.69, 9.17) is 0 Å². The van der Waals surface area contributed by atoms with Crippen LogP contribution in [0.2, 0.25) is 0 Å². The normalized spacial score (nSPS) is 10.7. The summed E-state index contributed by atoms with van der Waals surface area (Å²) in [5.74, 6) is 0.450. The molecule has 2 heterocycles. The third-order valence-corrected chi connectivity index (χ3v) is 4.42. The SMILES string of the molecule is Cc1ccccc1-c1cc(NC(=O)c2cccc(-n3cccn3)c2)n(C)n1. The highest BCUT2D eigenvalue weighted by atomic mass is 16.1. The van der Waals surface area contributed by atoms with E-state index in [1.54, 1.807) is 27.7 Å². The van der Waals surface area contributed by atoms with Crippen LogP contribution in [0.4, 0.5) is 5.82 Å². The van der Waals surface area contributed by atoms with Gasteiger partial charge in [-0.1, -0.05) is 30.3 Å². The Hall–Kier alpha value is -3.67. The van der Waals surface area contributed by atoms with Gasteiger partial charge in [0.2, 0.25) is 0 Å². The summed E-state index contributed by atoms with van der Waals surface area (Å²) in [5, 5.41) is 11.7. The third kappa shape index (κ3) is 3.37. The van der Waals surface area contributed by atoms with Gasteiger partial charge in [0.1, 0.15) is 5.82 Å². The molecule has 0 saturated heterocycles. The van der Waals surface area contributed by atoms with Crippen LogP contribution in [0.15, 0.2) is 73.1 Å². The molecule has 0 saturated carbocycles. The quantitative estimate of drug-likeness (QED) is 0.604. The minimum absolute atomic E-state index is 0.191. The molecule has 4 aromatic rings. The van der Waals surface area contributed by atoms with Crippen LogP contribution in [0.3, 0.4) is 0 Å². The smallest absolute Gasteiger partial charge is 0.256 e. The molecule has 0 radical (unpaired) electrons. The Bertz CT molecular complexity index is 1100. The topological polar surface area (TPSA) is 64.7 Å². The van der Waals surface area contributed by atoms with E-state index < -0.39 is 0 Å². The highest BCUT2D eigenvalue weighted by molar-refractivity contribution is 6.04. The molecule has 27 heavy (non-hydrogen) atoms. The van der Waals surface area contributed by atoms with Gasteiger partial charge in [0.25, 0.3) is 5.91 Å². The van der Waals surface area contributed by atoms with E-state index >= 15 is 0 Å². The summed E-state index contributed by atoms with van der Waals surface area (Å²) in [5.41, 5.74) is 4.41. The number of anilines is 1. The van der Waals surface area contributed by atoms with E-state index in [-0.39, 0.29) is 5.91 Å². The van der Waals surface area contributed by atoms with Crippen LogP contribution in [-0.4, -0.2) is 25.5 Å². The van der Waals surface area contributed by atoms with Gasteiger partial charge in [-0.2, -0.15) is 10.2 Å². The van der Waals surface area contributed by atoms with E-state index in [0.29, 0.717) is 11.4 Å². The number of benzene rings is 2. The molecule has 6 nitrogen and oxygen atoms in total. The molecule has 0 unspecified atom stereocenters. The highest BCUT2D eigenvalue weighted by Crippen LogP contribution is 2.24. The molecule has 1 N–H and O–H groups in total. The van der Waals surface area contributed by atoms with Crippen molar-refractivity contribution < 1.29 is 4.79 Å². The van der Waals surface area contributed by atoms with Crippen molar-refractivity contribution in [1.29, 1.82) is 0 Å². The first-order valence-corrected chi connectivity index (χ1v) is 8.63. The zero-order valence-corrected chi connectivity index (χ0v) is 15.1. The summed E-state index contributed by atoms with van der Waals surface area (Å²) in [6.07, 6.45) is 3.54. The number of carbonyl (C=O) groups is 1. The zero-order valence-electron chi connectivity index (χ0n) is 15.1. The molecule has 2 aromatic carbocycles. The Morgan fingerprint density at radius 3 is 2.67 bits per heavy atom. The van der Waals surface area contributed by atoms with Crippen molar-refractivity contribution in [3.05, 3.63) is 84.2 Å². The van der Waals surface area contributed by atoms with E-state index in [1.807, 2.05) is 68.7 Å². The number of aromatic nitrogens is 4. The molecule has 6 heteroatoms. The number of rotatable bonds is 4. The summed E-state index contributed by atoms with van der Waals surface area (Å²) in [7, 11) is 1.82. The van der Waals surface area contributed by atoms with Crippen LogP contribution in [0.1, 0.15) is 15.9 Å². The molecule has 4 rings (SSSR count). The van der Waals surface area contributed by atoms with Gasteiger partial charge in [0, 0.05) is 36.6 Å². The van der Waals surface area contributed by atoms with Crippen LogP contribution in [0.25, 0.3) is 16.9 Å². The Morgan fingerprint density at radius 1 is 1.04 bits per heavy atom. The molecule has 0 fully saturated rings. The number of aryl methyl sites for hydroxylation is 2. The predicted octanol–water partition coefficient (Wildman–Crippen LogP) is 3.83. The fourth-order valence-corrected chi connectivity index (χ4v) is 2.98. The van der Waals surface area contributed by atoms with Crippen LogP contribution < -0.4 is 5.32 Å². The first kappa shape index (κ1) is 16.8.